The van der Waals surface area contributed by atoms with Gasteiger partial charge in [-0.3, -0.25) is 4.79 Å². The first-order valence-corrected chi connectivity index (χ1v) is 6.99. The molecule has 18 heavy (non-hydrogen) atoms. The second-order valence-electron chi connectivity index (χ2n) is 4.81. The average Bonchev–Trinajstić information content (AvgIpc) is 2.92. The van der Waals surface area contributed by atoms with Gasteiger partial charge in [-0.15, -0.1) is 11.3 Å². The van der Waals surface area contributed by atoms with Gasteiger partial charge >= 0.3 is 0 Å². The van der Waals surface area contributed by atoms with E-state index < -0.39 is 0 Å². The predicted molar refractivity (Wildman–Crippen MR) is 72.6 cm³/mol. The molecule has 0 aliphatic carbocycles. The van der Waals surface area contributed by atoms with Crippen molar-refractivity contribution in [3.8, 4) is 11.8 Å². The molecule has 3 nitrogen and oxygen atoms in total. The second-order valence-corrected chi connectivity index (χ2v) is 5.72. The molecule has 1 saturated heterocycles. The molecule has 0 radical (unpaired) electrons. The molecule has 2 unspecified atom stereocenters. The number of amides is 1. The molecule has 1 fully saturated rings. The highest BCUT2D eigenvalue weighted by Gasteiger charge is 2.30. The van der Waals surface area contributed by atoms with Crippen LogP contribution >= 0.6 is 11.3 Å². The van der Waals surface area contributed by atoms with Crippen molar-refractivity contribution in [2.45, 2.75) is 26.3 Å². The Labute approximate surface area is 111 Å². The van der Waals surface area contributed by atoms with E-state index in [-0.39, 0.29) is 12.5 Å². The lowest BCUT2D eigenvalue weighted by molar-refractivity contribution is 0.0744. The molecule has 4 heteroatoms. The third-order valence-corrected chi connectivity index (χ3v) is 4.03. The molecule has 2 atom stereocenters. The Kier molecular flexibility index (Phi) is 4.05. The van der Waals surface area contributed by atoms with Crippen molar-refractivity contribution in [3.63, 3.8) is 0 Å². The first-order chi connectivity index (χ1) is 8.61. The number of carbonyl (C=O) groups is 1. The number of likely N-dealkylation sites (tertiary alicyclic amines) is 1. The van der Waals surface area contributed by atoms with Gasteiger partial charge in [-0.2, -0.15) is 0 Å². The lowest BCUT2D eigenvalue weighted by Crippen LogP contribution is -2.33. The molecule has 1 aliphatic heterocycles. The molecule has 96 valence electrons. The zero-order valence-corrected chi connectivity index (χ0v) is 11.5. The smallest absolute Gasteiger partial charge is 0.254 e. The van der Waals surface area contributed by atoms with Crippen molar-refractivity contribution >= 4 is 17.2 Å². The van der Waals surface area contributed by atoms with Gasteiger partial charge < -0.3 is 10.0 Å². The fourth-order valence-electron chi connectivity index (χ4n) is 2.39. The Morgan fingerprint density at radius 3 is 3.00 bits per heavy atom. The maximum Gasteiger partial charge on any atom is 0.254 e. The average molecular weight is 263 g/mol. The second kappa shape index (κ2) is 5.55. The van der Waals surface area contributed by atoms with Crippen molar-refractivity contribution < 1.29 is 9.90 Å². The summed E-state index contributed by atoms with van der Waals surface area (Å²) in [5.74, 6) is 6.10. The standard InChI is InChI=1S/C14H17NO2S/c1-10-6-11(2)15(8-10)14(17)12-7-13(18-9-12)4-3-5-16/h7,9-11,16H,5-6,8H2,1-2H3. The number of carbonyl (C=O) groups excluding carboxylic acids is 1. The van der Waals surface area contributed by atoms with Gasteiger partial charge in [-0.25, -0.2) is 0 Å². The predicted octanol–water partition coefficient (Wildman–Crippen LogP) is 1.96. The minimum Gasteiger partial charge on any atom is -0.384 e. The summed E-state index contributed by atoms with van der Waals surface area (Å²) in [5.41, 5.74) is 0.711. The quantitative estimate of drug-likeness (QED) is 0.787. The monoisotopic (exact) mass is 263 g/mol. The molecular formula is C14H17NO2S. The van der Waals surface area contributed by atoms with Crippen LogP contribution in [0.3, 0.4) is 0 Å². The SMILES string of the molecule is CC1CC(C)N(C(=O)c2csc(C#CCO)c2)C1. The highest BCUT2D eigenvalue weighted by molar-refractivity contribution is 7.10. The largest absolute Gasteiger partial charge is 0.384 e. The van der Waals surface area contributed by atoms with Gasteiger partial charge in [0.25, 0.3) is 5.91 Å². The molecule has 1 aromatic heterocycles. The lowest BCUT2D eigenvalue weighted by atomic mass is 10.1. The molecule has 2 rings (SSSR count). The van der Waals surface area contributed by atoms with Crippen LogP contribution in [-0.2, 0) is 0 Å². The van der Waals surface area contributed by atoms with Crippen LogP contribution in [0.2, 0.25) is 0 Å². The van der Waals surface area contributed by atoms with E-state index >= 15 is 0 Å². The number of hydrogen-bond acceptors (Lipinski definition) is 3. The number of nitrogens with zero attached hydrogens (tertiary/aromatic N) is 1. The Bertz CT molecular complexity index is 497. The van der Waals surface area contributed by atoms with E-state index in [0.717, 1.165) is 17.8 Å². The molecule has 2 heterocycles. The van der Waals surface area contributed by atoms with E-state index in [4.69, 9.17) is 5.11 Å². The first kappa shape index (κ1) is 13.1. The van der Waals surface area contributed by atoms with E-state index in [1.165, 1.54) is 11.3 Å². The number of hydrogen-bond donors (Lipinski definition) is 1. The van der Waals surface area contributed by atoms with Crippen molar-refractivity contribution in [3.05, 3.63) is 21.9 Å². The lowest BCUT2D eigenvalue weighted by Gasteiger charge is -2.20. The highest BCUT2D eigenvalue weighted by Crippen LogP contribution is 2.25. The van der Waals surface area contributed by atoms with Crippen LogP contribution in [0.5, 0.6) is 0 Å². The topological polar surface area (TPSA) is 40.5 Å². The zero-order chi connectivity index (χ0) is 13.1. The molecule has 0 bridgehead atoms. The van der Waals surface area contributed by atoms with Crippen LogP contribution in [0, 0.1) is 17.8 Å². The molecule has 1 aliphatic rings. The fourth-order valence-corrected chi connectivity index (χ4v) is 3.14. The minimum atomic E-state index is -0.151. The van der Waals surface area contributed by atoms with Crippen molar-refractivity contribution in [1.29, 1.82) is 0 Å². The Hall–Kier alpha value is -1.31. The van der Waals surface area contributed by atoms with Gasteiger partial charge in [0, 0.05) is 18.0 Å². The van der Waals surface area contributed by atoms with Crippen LogP contribution in [0.15, 0.2) is 11.4 Å². The summed E-state index contributed by atoms with van der Waals surface area (Å²) in [6, 6.07) is 2.13. The molecular weight excluding hydrogens is 246 g/mol. The van der Waals surface area contributed by atoms with E-state index in [2.05, 4.69) is 25.7 Å². The molecule has 0 aromatic carbocycles. The maximum atomic E-state index is 12.3. The normalized spacial score (nSPS) is 22.7. The van der Waals surface area contributed by atoms with Crippen LogP contribution in [0.25, 0.3) is 0 Å². The van der Waals surface area contributed by atoms with Crippen LogP contribution in [-0.4, -0.2) is 35.1 Å². The summed E-state index contributed by atoms with van der Waals surface area (Å²) in [6.45, 7) is 4.96. The number of thiophene rings is 1. The number of aliphatic hydroxyl groups excluding tert-OH is 1. The number of rotatable bonds is 1. The molecule has 0 spiro atoms. The minimum absolute atomic E-state index is 0.0974. The van der Waals surface area contributed by atoms with Crippen molar-refractivity contribution in [2.75, 3.05) is 13.2 Å². The maximum absolute atomic E-state index is 12.3. The van der Waals surface area contributed by atoms with Crippen LogP contribution in [0.4, 0.5) is 0 Å². The first-order valence-electron chi connectivity index (χ1n) is 6.11. The van der Waals surface area contributed by atoms with Gasteiger partial charge in [0.2, 0.25) is 0 Å². The van der Waals surface area contributed by atoms with E-state index in [9.17, 15) is 4.79 Å². The molecule has 1 amide bonds. The van der Waals surface area contributed by atoms with Gasteiger partial charge in [-0.1, -0.05) is 18.8 Å². The van der Waals surface area contributed by atoms with E-state index in [1.54, 1.807) is 0 Å². The number of aliphatic hydroxyl groups is 1. The van der Waals surface area contributed by atoms with Crippen LogP contribution in [0.1, 0.15) is 35.5 Å². The fraction of sp³-hybridized carbons (Fsp3) is 0.500. The van der Waals surface area contributed by atoms with Gasteiger partial charge in [0.05, 0.1) is 10.4 Å². The Morgan fingerprint density at radius 2 is 2.39 bits per heavy atom. The molecule has 1 N–H and O–H groups in total. The molecule has 0 saturated carbocycles. The summed E-state index contributed by atoms with van der Waals surface area (Å²) in [4.78, 5) is 15.1. The van der Waals surface area contributed by atoms with Crippen LogP contribution < -0.4 is 0 Å². The van der Waals surface area contributed by atoms with Gasteiger partial charge in [-0.05, 0) is 25.3 Å². The third kappa shape index (κ3) is 2.74. The van der Waals surface area contributed by atoms with E-state index in [0.29, 0.717) is 17.5 Å². The third-order valence-electron chi connectivity index (χ3n) is 3.18. The summed E-state index contributed by atoms with van der Waals surface area (Å²) < 4.78 is 0. The Morgan fingerprint density at radius 1 is 1.61 bits per heavy atom. The summed E-state index contributed by atoms with van der Waals surface area (Å²) >= 11 is 1.45. The summed E-state index contributed by atoms with van der Waals surface area (Å²) in [5, 5.41) is 10.5. The summed E-state index contributed by atoms with van der Waals surface area (Å²) in [6.07, 6.45) is 1.08. The Balaban J connectivity index is 2.12. The van der Waals surface area contributed by atoms with Gasteiger partial charge in [0.1, 0.15) is 6.61 Å². The zero-order valence-electron chi connectivity index (χ0n) is 10.6. The highest BCUT2D eigenvalue weighted by atomic mass is 32.1. The summed E-state index contributed by atoms with van der Waals surface area (Å²) in [7, 11) is 0. The van der Waals surface area contributed by atoms with Crippen molar-refractivity contribution in [1.82, 2.24) is 4.90 Å². The van der Waals surface area contributed by atoms with Gasteiger partial charge in [0.15, 0.2) is 0 Å². The van der Waals surface area contributed by atoms with E-state index in [1.807, 2.05) is 16.3 Å². The van der Waals surface area contributed by atoms with Crippen molar-refractivity contribution in [2.24, 2.45) is 5.92 Å². The molecule has 1 aromatic rings.